The number of para-hydroxylation sites is 1. The first kappa shape index (κ1) is 12.4. The van der Waals surface area contributed by atoms with Gasteiger partial charge in [0.1, 0.15) is 0 Å². The zero-order valence-corrected chi connectivity index (χ0v) is 11.1. The Morgan fingerprint density at radius 1 is 1.24 bits per heavy atom. The maximum absolute atomic E-state index is 4.63. The van der Waals surface area contributed by atoms with Crippen molar-refractivity contribution in [2.75, 3.05) is 12.8 Å². The minimum Gasteiger partial charge on any atom is -0.310 e. The second-order valence-electron chi connectivity index (χ2n) is 4.17. The lowest BCUT2D eigenvalue weighted by Crippen LogP contribution is -2.22. The van der Waals surface area contributed by atoms with E-state index in [-0.39, 0.29) is 0 Å². The molecular weight excluding hydrogens is 228 g/mol. The lowest BCUT2D eigenvalue weighted by molar-refractivity contribution is 0.674. The zero-order chi connectivity index (χ0) is 12.1. The van der Waals surface area contributed by atoms with Crippen LogP contribution < -0.4 is 5.32 Å². The van der Waals surface area contributed by atoms with Gasteiger partial charge in [0.25, 0.3) is 0 Å². The van der Waals surface area contributed by atoms with Gasteiger partial charge in [0, 0.05) is 23.7 Å². The van der Waals surface area contributed by atoms with Crippen LogP contribution in [0.15, 0.2) is 36.4 Å². The molecule has 1 N–H and O–H groups in total. The first-order chi connectivity index (χ1) is 8.29. The number of pyridine rings is 1. The topological polar surface area (TPSA) is 24.9 Å². The third kappa shape index (κ3) is 3.45. The summed E-state index contributed by atoms with van der Waals surface area (Å²) < 4.78 is 0. The summed E-state index contributed by atoms with van der Waals surface area (Å²) in [7, 11) is 0. The van der Waals surface area contributed by atoms with Crippen molar-refractivity contribution in [2.45, 2.75) is 18.7 Å². The van der Waals surface area contributed by atoms with Crippen molar-refractivity contribution >= 4 is 22.7 Å². The van der Waals surface area contributed by atoms with Crippen LogP contribution in [0.25, 0.3) is 10.9 Å². The van der Waals surface area contributed by atoms with E-state index < -0.39 is 0 Å². The molecule has 2 aromatic rings. The molecule has 3 heteroatoms. The van der Waals surface area contributed by atoms with E-state index in [1.807, 2.05) is 23.9 Å². The molecule has 0 fully saturated rings. The van der Waals surface area contributed by atoms with Gasteiger partial charge in [0.2, 0.25) is 0 Å². The van der Waals surface area contributed by atoms with Crippen LogP contribution in [0.2, 0.25) is 0 Å². The van der Waals surface area contributed by atoms with Gasteiger partial charge < -0.3 is 5.32 Å². The molecule has 2 nitrogen and oxygen atoms in total. The summed E-state index contributed by atoms with van der Waals surface area (Å²) in [5, 5.41) is 5.28. The van der Waals surface area contributed by atoms with Gasteiger partial charge in [0.15, 0.2) is 0 Å². The fraction of sp³-hybridized carbons (Fsp3) is 0.357. The van der Waals surface area contributed by atoms with E-state index >= 15 is 0 Å². The summed E-state index contributed by atoms with van der Waals surface area (Å²) >= 11 is 1.88. The van der Waals surface area contributed by atoms with Crippen LogP contribution in [0.1, 0.15) is 12.6 Å². The zero-order valence-electron chi connectivity index (χ0n) is 10.3. The predicted octanol–water partition coefficient (Wildman–Crippen LogP) is 3.08. The average molecular weight is 246 g/mol. The van der Waals surface area contributed by atoms with Crippen molar-refractivity contribution in [3.8, 4) is 0 Å². The fourth-order valence-corrected chi connectivity index (χ4v) is 1.98. The minimum atomic E-state index is 0.649. The van der Waals surface area contributed by atoms with Crippen molar-refractivity contribution in [1.82, 2.24) is 10.3 Å². The van der Waals surface area contributed by atoms with Crippen molar-refractivity contribution < 1.29 is 0 Å². The Hall–Kier alpha value is -1.06. The Morgan fingerprint density at radius 2 is 2.06 bits per heavy atom. The number of hydrogen-bond acceptors (Lipinski definition) is 3. The van der Waals surface area contributed by atoms with Crippen LogP contribution in [0.5, 0.6) is 0 Å². The van der Waals surface area contributed by atoms with E-state index in [1.165, 1.54) is 5.39 Å². The maximum atomic E-state index is 4.63. The molecule has 17 heavy (non-hydrogen) atoms. The van der Waals surface area contributed by atoms with Crippen LogP contribution in [0.4, 0.5) is 0 Å². The molecule has 0 bridgehead atoms. The van der Waals surface area contributed by atoms with E-state index in [4.69, 9.17) is 0 Å². The Morgan fingerprint density at radius 3 is 2.88 bits per heavy atom. The number of aromatic nitrogens is 1. The van der Waals surface area contributed by atoms with Crippen molar-refractivity contribution in [3.63, 3.8) is 0 Å². The number of fused-ring (bicyclic) bond motifs is 1. The van der Waals surface area contributed by atoms with Gasteiger partial charge in [-0.15, -0.1) is 0 Å². The van der Waals surface area contributed by atoms with Crippen molar-refractivity contribution in [1.29, 1.82) is 0 Å². The van der Waals surface area contributed by atoms with E-state index in [0.717, 1.165) is 24.3 Å². The molecule has 1 atom stereocenters. The second kappa shape index (κ2) is 6.03. The molecule has 1 aromatic heterocycles. The number of thioether (sulfide) groups is 1. The molecule has 2 rings (SSSR count). The van der Waals surface area contributed by atoms with Crippen LogP contribution in [0.3, 0.4) is 0 Å². The van der Waals surface area contributed by atoms with Gasteiger partial charge in [0.05, 0.1) is 11.2 Å². The van der Waals surface area contributed by atoms with Gasteiger partial charge in [-0.05, 0) is 18.4 Å². The molecular formula is C14H18N2S. The number of hydrogen-bond donors (Lipinski definition) is 1. The van der Waals surface area contributed by atoms with E-state index in [9.17, 15) is 0 Å². The highest BCUT2D eigenvalue weighted by Crippen LogP contribution is 2.11. The van der Waals surface area contributed by atoms with Gasteiger partial charge in [-0.1, -0.05) is 31.2 Å². The Balaban J connectivity index is 1.99. The molecule has 0 amide bonds. The van der Waals surface area contributed by atoms with Crippen LogP contribution >= 0.6 is 11.8 Å². The molecule has 90 valence electrons. The normalized spacial score (nSPS) is 12.8. The van der Waals surface area contributed by atoms with Crippen LogP contribution in [-0.4, -0.2) is 23.0 Å². The Bertz CT molecular complexity index is 484. The standard InChI is InChI=1S/C14H18N2S/c1-11(17-2)9-15-10-13-8-7-12-5-3-4-6-14(12)16-13/h3-8,11,15H,9-10H2,1-2H3. The summed E-state index contributed by atoms with van der Waals surface area (Å²) in [6.07, 6.45) is 2.14. The molecule has 0 saturated carbocycles. The van der Waals surface area contributed by atoms with Gasteiger partial charge in [-0.25, -0.2) is 0 Å². The SMILES string of the molecule is CSC(C)CNCc1ccc2ccccc2n1. The van der Waals surface area contributed by atoms with E-state index in [2.05, 4.69) is 47.7 Å². The second-order valence-corrected chi connectivity index (χ2v) is 5.45. The summed E-state index contributed by atoms with van der Waals surface area (Å²) in [5.74, 6) is 0. The highest BCUT2D eigenvalue weighted by molar-refractivity contribution is 7.99. The van der Waals surface area contributed by atoms with Gasteiger partial charge in [-0.3, -0.25) is 4.98 Å². The molecule has 1 aromatic carbocycles. The van der Waals surface area contributed by atoms with Gasteiger partial charge in [-0.2, -0.15) is 11.8 Å². The average Bonchev–Trinajstić information content (AvgIpc) is 2.38. The van der Waals surface area contributed by atoms with Crippen LogP contribution in [0, 0.1) is 0 Å². The Kier molecular flexibility index (Phi) is 4.40. The number of nitrogens with zero attached hydrogens (tertiary/aromatic N) is 1. The number of rotatable bonds is 5. The summed E-state index contributed by atoms with van der Waals surface area (Å²) in [5.41, 5.74) is 2.18. The first-order valence-corrected chi connectivity index (χ1v) is 7.16. The molecule has 0 radical (unpaired) electrons. The predicted molar refractivity (Wildman–Crippen MR) is 76.4 cm³/mol. The minimum absolute atomic E-state index is 0.649. The largest absolute Gasteiger partial charge is 0.310 e. The van der Waals surface area contributed by atoms with E-state index in [0.29, 0.717) is 5.25 Å². The summed E-state index contributed by atoms with van der Waals surface area (Å²) in [6, 6.07) is 12.5. The molecule has 0 spiro atoms. The summed E-state index contributed by atoms with van der Waals surface area (Å²) in [6.45, 7) is 4.09. The van der Waals surface area contributed by atoms with E-state index in [1.54, 1.807) is 0 Å². The molecule has 1 heterocycles. The maximum Gasteiger partial charge on any atom is 0.0705 e. The lowest BCUT2D eigenvalue weighted by Gasteiger charge is -2.09. The molecule has 0 aliphatic rings. The fourth-order valence-electron chi connectivity index (χ4n) is 1.69. The quantitative estimate of drug-likeness (QED) is 0.877. The highest BCUT2D eigenvalue weighted by Gasteiger charge is 2.00. The third-order valence-electron chi connectivity index (χ3n) is 2.80. The smallest absolute Gasteiger partial charge is 0.0705 e. The number of nitrogens with one attached hydrogen (secondary N) is 1. The van der Waals surface area contributed by atoms with Crippen molar-refractivity contribution in [3.05, 3.63) is 42.1 Å². The van der Waals surface area contributed by atoms with Crippen LogP contribution in [-0.2, 0) is 6.54 Å². The van der Waals surface area contributed by atoms with Crippen molar-refractivity contribution in [2.24, 2.45) is 0 Å². The third-order valence-corrected chi connectivity index (χ3v) is 3.77. The Labute approximate surface area is 107 Å². The highest BCUT2D eigenvalue weighted by atomic mass is 32.2. The molecule has 1 unspecified atom stereocenters. The molecule has 0 aliphatic carbocycles. The molecule has 0 aliphatic heterocycles. The monoisotopic (exact) mass is 246 g/mol. The lowest BCUT2D eigenvalue weighted by atomic mass is 10.2. The summed E-state index contributed by atoms with van der Waals surface area (Å²) in [4.78, 5) is 4.63. The molecule has 0 saturated heterocycles. The number of benzene rings is 1. The van der Waals surface area contributed by atoms with Gasteiger partial charge >= 0.3 is 0 Å². The first-order valence-electron chi connectivity index (χ1n) is 5.88.